The maximum absolute atomic E-state index is 10.3. The summed E-state index contributed by atoms with van der Waals surface area (Å²) in [7, 11) is 0. The van der Waals surface area contributed by atoms with Gasteiger partial charge in [-0.3, -0.25) is 4.79 Å². The monoisotopic (exact) mass is 138 g/mol. The van der Waals surface area contributed by atoms with Crippen molar-refractivity contribution in [3.8, 4) is 0 Å². The highest BCUT2D eigenvalue weighted by atomic mass is 35.5. The van der Waals surface area contributed by atoms with Crippen molar-refractivity contribution in [1.29, 1.82) is 0 Å². The molecule has 0 aliphatic heterocycles. The van der Waals surface area contributed by atoms with Crippen LogP contribution in [-0.4, -0.2) is 18.6 Å². The van der Waals surface area contributed by atoms with Gasteiger partial charge in [-0.1, -0.05) is 0 Å². The average Bonchev–Trinajstić information content (AvgIpc) is 1.68. The fourth-order valence-corrected chi connectivity index (χ4v) is 0.417. The lowest BCUT2D eigenvalue weighted by molar-refractivity contribution is -0.421. The second kappa shape index (κ2) is 4.87. The van der Waals surface area contributed by atoms with Crippen LogP contribution in [-0.2, 0) is 9.53 Å². The summed E-state index contributed by atoms with van der Waals surface area (Å²) in [4.78, 5) is 10.3. The van der Waals surface area contributed by atoms with Gasteiger partial charge in [-0.2, -0.15) is 0 Å². The Morgan fingerprint density at radius 3 is 2.75 bits per heavy atom. The molecule has 0 spiro atoms. The van der Waals surface area contributed by atoms with Crippen LogP contribution in [0.2, 0.25) is 0 Å². The molecule has 0 aromatic carbocycles. The molecule has 3 nitrogen and oxygen atoms in total. The number of rotatable bonds is 3. The SMILES string of the molecule is [NH3+]COC(=O)CCCl. The fraction of sp³-hybridized carbons (Fsp3) is 0.750. The van der Waals surface area contributed by atoms with Crippen molar-refractivity contribution >= 4 is 17.6 Å². The van der Waals surface area contributed by atoms with E-state index in [1.54, 1.807) is 0 Å². The molecule has 0 bridgehead atoms. The molecular formula is C4H9ClNO2+. The molecule has 0 saturated heterocycles. The van der Waals surface area contributed by atoms with Gasteiger partial charge in [0.2, 0.25) is 6.73 Å². The van der Waals surface area contributed by atoms with Crippen LogP contribution in [0.15, 0.2) is 0 Å². The number of quaternary nitrogens is 1. The summed E-state index contributed by atoms with van der Waals surface area (Å²) in [5.41, 5.74) is 3.32. The first kappa shape index (κ1) is 7.72. The van der Waals surface area contributed by atoms with E-state index in [1.165, 1.54) is 0 Å². The third-order valence-electron chi connectivity index (χ3n) is 0.562. The quantitative estimate of drug-likeness (QED) is 0.320. The molecule has 0 amide bonds. The first-order chi connectivity index (χ1) is 3.81. The van der Waals surface area contributed by atoms with Gasteiger partial charge in [0.15, 0.2) is 0 Å². The van der Waals surface area contributed by atoms with Crippen LogP contribution in [0.3, 0.4) is 0 Å². The zero-order valence-corrected chi connectivity index (χ0v) is 5.28. The highest BCUT2D eigenvalue weighted by Gasteiger charge is 1.97. The smallest absolute Gasteiger partial charge is 0.311 e. The lowest BCUT2D eigenvalue weighted by Gasteiger charge is -1.93. The number of hydrogen-bond donors (Lipinski definition) is 1. The van der Waals surface area contributed by atoms with E-state index in [1.807, 2.05) is 0 Å². The number of alkyl halides is 1. The number of esters is 1. The number of ether oxygens (including phenoxy) is 1. The van der Waals surface area contributed by atoms with Crippen LogP contribution in [0.25, 0.3) is 0 Å². The molecule has 0 aromatic rings. The Bertz CT molecular complexity index is 68.4. The molecule has 4 heteroatoms. The predicted octanol–water partition coefficient (Wildman–Crippen LogP) is -0.642. The van der Waals surface area contributed by atoms with E-state index in [9.17, 15) is 4.79 Å². The molecule has 0 radical (unpaired) electrons. The highest BCUT2D eigenvalue weighted by Crippen LogP contribution is 1.86. The maximum atomic E-state index is 10.3. The summed E-state index contributed by atoms with van der Waals surface area (Å²) in [6, 6.07) is 0. The topological polar surface area (TPSA) is 53.9 Å². The van der Waals surface area contributed by atoms with E-state index in [4.69, 9.17) is 11.6 Å². The minimum Gasteiger partial charge on any atom is -0.415 e. The standard InChI is InChI=1S/C4H8ClNO2/c5-2-1-4(7)8-3-6/h1-3,6H2/p+1. The molecule has 0 aliphatic rings. The van der Waals surface area contributed by atoms with E-state index in [0.29, 0.717) is 5.88 Å². The van der Waals surface area contributed by atoms with E-state index in [0.717, 1.165) is 0 Å². The molecule has 8 heavy (non-hydrogen) atoms. The molecule has 3 N–H and O–H groups in total. The average molecular weight is 139 g/mol. The number of carbonyl (C=O) groups is 1. The number of carbonyl (C=O) groups excluding carboxylic acids is 1. The molecular weight excluding hydrogens is 130 g/mol. The Kier molecular flexibility index (Phi) is 4.70. The van der Waals surface area contributed by atoms with Crippen molar-refractivity contribution < 1.29 is 15.3 Å². The van der Waals surface area contributed by atoms with E-state index >= 15 is 0 Å². The molecule has 0 heterocycles. The molecule has 0 saturated carbocycles. The molecule has 48 valence electrons. The van der Waals surface area contributed by atoms with Crippen molar-refractivity contribution in [2.75, 3.05) is 12.6 Å². The van der Waals surface area contributed by atoms with Gasteiger partial charge < -0.3 is 10.5 Å². The number of hydrogen-bond acceptors (Lipinski definition) is 2. The first-order valence-corrected chi connectivity index (χ1v) is 2.85. The third kappa shape index (κ3) is 3.89. The van der Waals surface area contributed by atoms with Gasteiger partial charge in [0.05, 0.1) is 6.42 Å². The normalized spacial score (nSPS) is 8.75. The third-order valence-corrected chi connectivity index (χ3v) is 0.751. The largest absolute Gasteiger partial charge is 0.415 e. The molecule has 0 aromatic heterocycles. The number of halogens is 1. The lowest BCUT2D eigenvalue weighted by atomic mass is 10.5. The Hall–Kier alpha value is -0.280. The second-order valence-corrected chi connectivity index (χ2v) is 1.54. The highest BCUT2D eigenvalue weighted by molar-refractivity contribution is 6.18. The van der Waals surface area contributed by atoms with E-state index < -0.39 is 0 Å². The van der Waals surface area contributed by atoms with Crippen LogP contribution >= 0.6 is 11.6 Å². The van der Waals surface area contributed by atoms with Crippen LogP contribution in [0.4, 0.5) is 0 Å². The first-order valence-electron chi connectivity index (χ1n) is 2.32. The molecule has 0 rings (SSSR count). The van der Waals surface area contributed by atoms with Crippen LogP contribution in [0.1, 0.15) is 6.42 Å². The summed E-state index contributed by atoms with van der Waals surface area (Å²) < 4.78 is 4.45. The Morgan fingerprint density at radius 1 is 1.75 bits per heavy atom. The predicted molar refractivity (Wildman–Crippen MR) is 29.2 cm³/mol. The summed E-state index contributed by atoms with van der Waals surface area (Å²) in [5, 5.41) is 0. The molecule has 0 aliphatic carbocycles. The van der Waals surface area contributed by atoms with Gasteiger partial charge in [-0.15, -0.1) is 11.6 Å². The van der Waals surface area contributed by atoms with Crippen molar-refractivity contribution in [2.24, 2.45) is 0 Å². The van der Waals surface area contributed by atoms with Gasteiger partial charge >= 0.3 is 5.97 Å². The van der Waals surface area contributed by atoms with Crippen molar-refractivity contribution in [1.82, 2.24) is 0 Å². The summed E-state index contributed by atoms with van der Waals surface area (Å²) >= 11 is 5.21. The molecule has 0 fully saturated rings. The zero-order chi connectivity index (χ0) is 6.41. The fourth-order valence-electron chi connectivity index (χ4n) is 0.263. The van der Waals surface area contributed by atoms with E-state index in [2.05, 4.69) is 10.5 Å². The summed E-state index contributed by atoms with van der Waals surface area (Å²) in [5.74, 6) is 0.0359. The van der Waals surface area contributed by atoms with E-state index in [-0.39, 0.29) is 19.1 Å². The Balaban J connectivity index is 3.06. The summed E-state index contributed by atoms with van der Waals surface area (Å²) in [6.45, 7) is 0.190. The Labute approximate surface area is 52.8 Å². The lowest BCUT2D eigenvalue weighted by Crippen LogP contribution is -2.52. The summed E-state index contributed by atoms with van der Waals surface area (Å²) in [6.07, 6.45) is 0.275. The van der Waals surface area contributed by atoms with Crippen molar-refractivity contribution in [3.05, 3.63) is 0 Å². The van der Waals surface area contributed by atoms with Crippen molar-refractivity contribution in [2.45, 2.75) is 6.42 Å². The van der Waals surface area contributed by atoms with Crippen LogP contribution in [0.5, 0.6) is 0 Å². The zero-order valence-electron chi connectivity index (χ0n) is 4.52. The molecule has 0 atom stereocenters. The van der Waals surface area contributed by atoms with Gasteiger partial charge in [0.25, 0.3) is 0 Å². The van der Waals surface area contributed by atoms with Crippen LogP contribution < -0.4 is 5.73 Å². The minimum atomic E-state index is -0.282. The van der Waals surface area contributed by atoms with Gasteiger partial charge in [0, 0.05) is 5.88 Å². The Morgan fingerprint density at radius 2 is 2.38 bits per heavy atom. The minimum absolute atomic E-state index is 0.190. The van der Waals surface area contributed by atoms with Crippen LogP contribution in [0, 0.1) is 0 Å². The van der Waals surface area contributed by atoms with Gasteiger partial charge in [-0.05, 0) is 0 Å². The van der Waals surface area contributed by atoms with Gasteiger partial charge in [-0.25, -0.2) is 0 Å². The second-order valence-electron chi connectivity index (χ2n) is 1.16. The van der Waals surface area contributed by atoms with Crippen molar-refractivity contribution in [3.63, 3.8) is 0 Å². The maximum Gasteiger partial charge on any atom is 0.311 e. The molecule has 0 unspecified atom stereocenters. The van der Waals surface area contributed by atoms with Gasteiger partial charge in [0.1, 0.15) is 0 Å².